The highest BCUT2D eigenvalue weighted by Gasteiger charge is 2.65. The van der Waals surface area contributed by atoms with Crippen LogP contribution in [0.15, 0.2) is 46.9 Å². The lowest BCUT2D eigenvalue weighted by Crippen LogP contribution is -2.60. The first-order chi connectivity index (χ1) is 16.5. The Labute approximate surface area is 209 Å². The maximum atomic E-state index is 14.7. The zero-order valence-electron chi connectivity index (χ0n) is 19.1. The number of carbonyl (C=O) groups is 1. The molecule has 0 unspecified atom stereocenters. The fourth-order valence-electron chi connectivity index (χ4n) is 5.59. The topological polar surface area (TPSA) is 41.6 Å². The number of halogens is 6. The van der Waals surface area contributed by atoms with E-state index in [1.165, 1.54) is 18.2 Å². The van der Waals surface area contributed by atoms with Crippen molar-refractivity contribution in [2.24, 2.45) is 5.41 Å². The fraction of sp³-hybridized carbons (Fsp3) is 0.480. The molecule has 1 N–H and O–H groups in total. The van der Waals surface area contributed by atoms with Crippen molar-refractivity contribution < 1.29 is 31.5 Å². The Morgan fingerprint density at radius 1 is 1.09 bits per heavy atom. The molecule has 2 aromatic rings. The zero-order chi connectivity index (χ0) is 25.4. The lowest BCUT2D eigenvalue weighted by atomic mass is 9.62. The van der Waals surface area contributed by atoms with Crippen molar-refractivity contribution in [3.63, 3.8) is 0 Å². The Balaban J connectivity index is 1.63. The van der Waals surface area contributed by atoms with E-state index in [4.69, 9.17) is 4.74 Å². The van der Waals surface area contributed by atoms with Crippen LogP contribution >= 0.6 is 15.9 Å². The molecule has 0 aliphatic carbocycles. The van der Waals surface area contributed by atoms with E-state index in [0.29, 0.717) is 19.4 Å². The summed E-state index contributed by atoms with van der Waals surface area (Å²) in [7, 11) is 0.772. The molecule has 2 atom stereocenters. The van der Waals surface area contributed by atoms with Gasteiger partial charge in [0.2, 0.25) is 0 Å². The van der Waals surface area contributed by atoms with Gasteiger partial charge in [0.1, 0.15) is 11.6 Å². The molecule has 10 heteroatoms. The molecule has 2 heterocycles. The van der Waals surface area contributed by atoms with Crippen LogP contribution in [0.4, 0.5) is 22.0 Å². The van der Waals surface area contributed by atoms with E-state index in [1.54, 1.807) is 12.1 Å². The summed E-state index contributed by atoms with van der Waals surface area (Å²) in [5.74, 6) is -2.81. The number of ether oxygens (including phenoxy) is 1. The van der Waals surface area contributed by atoms with Crippen molar-refractivity contribution in [2.45, 2.75) is 37.0 Å². The third-order valence-electron chi connectivity index (χ3n) is 7.52. The lowest BCUT2D eigenvalue weighted by Gasteiger charge is -2.50. The van der Waals surface area contributed by atoms with E-state index < -0.39 is 29.1 Å². The summed E-state index contributed by atoms with van der Waals surface area (Å²) in [5, 5.41) is 3.35. The Bertz CT molecular complexity index is 1070. The molecule has 0 saturated carbocycles. The maximum absolute atomic E-state index is 14.7. The van der Waals surface area contributed by atoms with E-state index in [-0.39, 0.29) is 34.7 Å². The van der Waals surface area contributed by atoms with Crippen LogP contribution in [0.1, 0.15) is 36.3 Å². The van der Waals surface area contributed by atoms with Gasteiger partial charge in [-0.05, 0) is 67.1 Å². The first kappa shape index (κ1) is 26.0. The maximum Gasteiger partial charge on any atom is 0.431 e. The van der Waals surface area contributed by atoms with E-state index in [9.17, 15) is 26.7 Å². The Morgan fingerprint density at radius 3 is 2.34 bits per heavy atom. The smallest absolute Gasteiger partial charge is 0.356 e. The average Bonchev–Trinajstić information content (AvgIpc) is 2.82. The number of likely N-dealkylation sites (tertiary alicyclic amines) is 1. The highest BCUT2D eigenvalue weighted by atomic mass is 79.9. The van der Waals surface area contributed by atoms with Gasteiger partial charge in [0.05, 0.1) is 0 Å². The molecule has 0 radical (unpaired) electrons. The van der Waals surface area contributed by atoms with Crippen LogP contribution in [0.2, 0.25) is 0 Å². The van der Waals surface area contributed by atoms with Crippen LogP contribution < -0.4 is 5.32 Å². The van der Waals surface area contributed by atoms with Crippen molar-refractivity contribution in [1.29, 1.82) is 0 Å². The number of hydrogen-bond donors (Lipinski definition) is 1. The third-order valence-corrected chi connectivity index (χ3v) is 8.01. The van der Waals surface area contributed by atoms with Crippen molar-refractivity contribution >= 4 is 21.8 Å². The molecule has 1 amide bonds. The standard InChI is InChI=1S/C25H26BrF5N2O2/c1-35-24(25(29,30)31,19-14-17(26)4-7-21(19)28)22(34)33-12-9-23(10-13-33)8-11-32-15-20(23)16-2-5-18(27)6-3-16/h2-7,14,20,32H,8-13,15H2,1H3/t20-,24-/m0/s1. The van der Waals surface area contributed by atoms with Gasteiger partial charge in [-0.15, -0.1) is 0 Å². The van der Waals surface area contributed by atoms with E-state index in [1.807, 2.05) is 0 Å². The summed E-state index contributed by atoms with van der Waals surface area (Å²) >= 11 is 3.07. The summed E-state index contributed by atoms with van der Waals surface area (Å²) < 4.78 is 76.5. The van der Waals surface area contributed by atoms with Crippen LogP contribution in [-0.2, 0) is 15.1 Å². The molecular weight excluding hydrogens is 535 g/mol. The van der Waals surface area contributed by atoms with Crippen LogP contribution in [0.25, 0.3) is 0 Å². The third kappa shape index (κ3) is 4.60. The van der Waals surface area contributed by atoms with Crippen molar-refractivity contribution in [3.05, 3.63) is 69.7 Å². The monoisotopic (exact) mass is 560 g/mol. The fourth-order valence-corrected chi connectivity index (χ4v) is 5.95. The number of piperidine rings is 2. The quantitative estimate of drug-likeness (QED) is 0.501. The molecule has 2 aliphatic rings. The molecule has 2 aliphatic heterocycles. The molecule has 4 nitrogen and oxygen atoms in total. The van der Waals surface area contributed by atoms with Gasteiger partial charge >= 0.3 is 6.18 Å². The number of carbonyl (C=O) groups excluding carboxylic acids is 1. The van der Waals surface area contributed by atoms with Gasteiger partial charge in [0, 0.05) is 42.7 Å². The van der Waals surface area contributed by atoms with E-state index in [2.05, 4.69) is 21.2 Å². The number of hydrogen-bond acceptors (Lipinski definition) is 3. The highest BCUT2D eigenvalue weighted by molar-refractivity contribution is 9.10. The van der Waals surface area contributed by atoms with Gasteiger partial charge in [-0.3, -0.25) is 4.79 Å². The van der Waals surface area contributed by atoms with Crippen molar-refractivity contribution in [2.75, 3.05) is 33.3 Å². The van der Waals surface area contributed by atoms with Crippen LogP contribution in [0.3, 0.4) is 0 Å². The van der Waals surface area contributed by atoms with Gasteiger partial charge < -0.3 is 15.0 Å². The molecule has 0 bridgehead atoms. The minimum Gasteiger partial charge on any atom is -0.356 e. The van der Waals surface area contributed by atoms with Gasteiger partial charge in [-0.25, -0.2) is 8.78 Å². The molecule has 2 saturated heterocycles. The molecule has 4 rings (SSSR count). The number of nitrogens with one attached hydrogen (secondary N) is 1. The van der Waals surface area contributed by atoms with Gasteiger partial charge in [0.25, 0.3) is 11.5 Å². The molecule has 190 valence electrons. The SMILES string of the molecule is CO[C@](C(=O)N1CCC2(CCNC[C@H]2c2ccc(F)cc2)CC1)(c1cc(Br)ccc1F)C(F)(F)F. The largest absolute Gasteiger partial charge is 0.431 e. The number of amides is 1. The van der Waals surface area contributed by atoms with Crippen LogP contribution in [0.5, 0.6) is 0 Å². The average molecular weight is 561 g/mol. The lowest BCUT2D eigenvalue weighted by molar-refractivity contribution is -0.271. The molecular formula is C25H26BrF5N2O2. The zero-order valence-corrected chi connectivity index (χ0v) is 20.7. The second-order valence-electron chi connectivity index (χ2n) is 9.22. The number of rotatable bonds is 4. The Kier molecular flexibility index (Phi) is 7.28. The predicted molar refractivity (Wildman–Crippen MR) is 124 cm³/mol. The summed E-state index contributed by atoms with van der Waals surface area (Å²) in [4.78, 5) is 14.6. The van der Waals surface area contributed by atoms with Gasteiger partial charge in [-0.1, -0.05) is 28.1 Å². The van der Waals surface area contributed by atoms with Crippen LogP contribution in [-0.4, -0.2) is 50.3 Å². The Morgan fingerprint density at radius 2 is 1.74 bits per heavy atom. The highest BCUT2D eigenvalue weighted by Crippen LogP contribution is 2.50. The number of nitrogens with zero attached hydrogens (tertiary/aromatic N) is 1. The number of benzene rings is 2. The summed E-state index contributed by atoms with van der Waals surface area (Å²) in [6.45, 7) is 1.56. The first-order valence-corrected chi connectivity index (χ1v) is 12.2. The molecule has 1 spiro atoms. The normalized spacial score (nSPS) is 22.1. The van der Waals surface area contributed by atoms with Crippen LogP contribution in [0, 0.1) is 17.0 Å². The van der Waals surface area contributed by atoms with Gasteiger partial charge in [0.15, 0.2) is 0 Å². The molecule has 35 heavy (non-hydrogen) atoms. The molecule has 0 aromatic heterocycles. The number of methoxy groups -OCH3 is 1. The Hall–Kier alpha value is -2.04. The minimum absolute atomic E-state index is 0.0337. The van der Waals surface area contributed by atoms with Crippen molar-refractivity contribution in [1.82, 2.24) is 10.2 Å². The van der Waals surface area contributed by atoms with E-state index in [0.717, 1.165) is 42.7 Å². The number of alkyl halides is 3. The second kappa shape index (κ2) is 9.78. The summed E-state index contributed by atoms with van der Waals surface area (Å²) in [6, 6.07) is 9.35. The first-order valence-electron chi connectivity index (χ1n) is 11.4. The molecule has 2 fully saturated rings. The predicted octanol–water partition coefficient (Wildman–Crippen LogP) is 5.52. The van der Waals surface area contributed by atoms with Gasteiger partial charge in [-0.2, -0.15) is 13.2 Å². The minimum atomic E-state index is -5.19. The second-order valence-corrected chi connectivity index (χ2v) is 10.1. The van der Waals surface area contributed by atoms with Crippen molar-refractivity contribution in [3.8, 4) is 0 Å². The molecule has 2 aromatic carbocycles. The summed E-state index contributed by atoms with van der Waals surface area (Å²) in [5.41, 5.74) is -3.63. The summed E-state index contributed by atoms with van der Waals surface area (Å²) in [6.07, 6.45) is -3.46. The van der Waals surface area contributed by atoms with E-state index >= 15 is 0 Å².